The highest BCUT2D eigenvalue weighted by molar-refractivity contribution is 8.01. The maximum absolute atomic E-state index is 12.4. The van der Waals surface area contributed by atoms with Crippen molar-refractivity contribution in [1.29, 1.82) is 0 Å². The van der Waals surface area contributed by atoms with Gasteiger partial charge in [-0.25, -0.2) is 0 Å². The Morgan fingerprint density at radius 3 is 2.88 bits per heavy atom. The van der Waals surface area contributed by atoms with E-state index in [0.29, 0.717) is 28.2 Å². The monoisotopic (exact) mass is 385 g/mol. The second-order valence-electron chi connectivity index (χ2n) is 5.54. The smallest absolute Gasteiger partial charge is 0.267 e. The molecule has 1 heterocycles. The Balaban J connectivity index is 1.94. The minimum absolute atomic E-state index is 0.242. The van der Waals surface area contributed by atoms with Crippen LogP contribution in [0, 0.1) is 5.92 Å². The number of aromatic nitrogens is 2. The van der Waals surface area contributed by atoms with Crippen molar-refractivity contribution in [2.75, 3.05) is 11.1 Å². The van der Waals surface area contributed by atoms with Gasteiger partial charge in [0.2, 0.25) is 5.13 Å². The lowest BCUT2D eigenvalue weighted by molar-refractivity contribution is -0.122. The third-order valence-corrected chi connectivity index (χ3v) is 5.55. The molecule has 5 nitrogen and oxygen atoms in total. The van der Waals surface area contributed by atoms with E-state index >= 15 is 0 Å². The van der Waals surface area contributed by atoms with E-state index < -0.39 is 6.10 Å². The molecule has 1 aromatic carbocycles. The lowest BCUT2D eigenvalue weighted by atomic mass is 10.2. The number of carbonyl (C=O) groups is 1. The molecule has 130 valence electrons. The highest BCUT2D eigenvalue weighted by Crippen LogP contribution is 2.27. The van der Waals surface area contributed by atoms with E-state index in [4.69, 9.17) is 16.3 Å². The van der Waals surface area contributed by atoms with E-state index in [9.17, 15) is 4.79 Å². The Morgan fingerprint density at radius 2 is 2.21 bits per heavy atom. The van der Waals surface area contributed by atoms with Crippen molar-refractivity contribution >= 4 is 45.7 Å². The first-order valence-corrected chi connectivity index (χ1v) is 9.85. The largest absolute Gasteiger partial charge is 0.481 e. The van der Waals surface area contributed by atoms with Crippen molar-refractivity contribution in [3.05, 3.63) is 29.3 Å². The Morgan fingerprint density at radius 1 is 1.42 bits per heavy atom. The van der Waals surface area contributed by atoms with Crippen molar-refractivity contribution in [2.24, 2.45) is 5.92 Å². The molecule has 0 aliphatic heterocycles. The number of rotatable bonds is 8. The van der Waals surface area contributed by atoms with Gasteiger partial charge >= 0.3 is 0 Å². The van der Waals surface area contributed by atoms with E-state index in [0.717, 1.165) is 10.1 Å². The van der Waals surface area contributed by atoms with Gasteiger partial charge < -0.3 is 4.74 Å². The first-order valence-electron chi connectivity index (χ1n) is 7.67. The van der Waals surface area contributed by atoms with Crippen molar-refractivity contribution in [3.8, 4) is 5.75 Å². The maximum atomic E-state index is 12.4. The zero-order chi connectivity index (χ0) is 17.5. The average molecular weight is 386 g/mol. The number of ether oxygens (including phenoxy) is 1. The summed E-state index contributed by atoms with van der Waals surface area (Å²) >= 11 is 8.95. The fourth-order valence-corrected chi connectivity index (χ4v) is 3.68. The lowest BCUT2D eigenvalue weighted by Crippen LogP contribution is -2.32. The molecule has 1 N–H and O–H groups in total. The Kier molecular flexibility index (Phi) is 7.33. The number of nitrogens with one attached hydrogen (secondary N) is 1. The number of hydrogen-bond donors (Lipinski definition) is 1. The standard InChI is InChI=1S/C16H20ClN3O2S2/c1-4-13(22-12-7-5-6-11(17)8-12)14(21)18-15-19-20-16(24-15)23-9-10(2)3/h5-8,10,13H,4,9H2,1-3H3,(H,18,19,21). The van der Waals surface area contributed by atoms with Crippen LogP contribution in [0.3, 0.4) is 0 Å². The normalized spacial score (nSPS) is 12.2. The fourth-order valence-electron chi connectivity index (χ4n) is 1.77. The number of anilines is 1. The molecule has 0 saturated heterocycles. The molecule has 0 saturated carbocycles. The summed E-state index contributed by atoms with van der Waals surface area (Å²) in [6.45, 7) is 6.18. The van der Waals surface area contributed by atoms with Gasteiger partial charge in [-0.2, -0.15) is 0 Å². The van der Waals surface area contributed by atoms with E-state index in [1.54, 1.807) is 36.0 Å². The Labute approximate surface area is 155 Å². The van der Waals surface area contributed by atoms with Crippen LogP contribution in [-0.4, -0.2) is 28.0 Å². The molecule has 24 heavy (non-hydrogen) atoms. The number of amides is 1. The lowest BCUT2D eigenvalue weighted by Gasteiger charge is -2.16. The van der Waals surface area contributed by atoms with Crippen LogP contribution >= 0.6 is 34.7 Å². The summed E-state index contributed by atoms with van der Waals surface area (Å²) in [4.78, 5) is 12.4. The SMILES string of the molecule is CCC(Oc1cccc(Cl)c1)C(=O)Nc1nnc(SCC(C)C)s1. The Hall–Kier alpha value is -1.31. The first-order chi connectivity index (χ1) is 11.5. The van der Waals surface area contributed by atoms with Gasteiger partial charge in [0.05, 0.1) is 0 Å². The molecule has 1 amide bonds. The topological polar surface area (TPSA) is 64.1 Å². The van der Waals surface area contributed by atoms with Gasteiger partial charge in [0, 0.05) is 10.8 Å². The van der Waals surface area contributed by atoms with Crippen LogP contribution in [0.4, 0.5) is 5.13 Å². The van der Waals surface area contributed by atoms with Crippen molar-refractivity contribution in [1.82, 2.24) is 10.2 Å². The molecule has 0 bridgehead atoms. The van der Waals surface area contributed by atoms with Gasteiger partial charge in [0.1, 0.15) is 5.75 Å². The number of halogens is 1. The Bertz CT molecular complexity index is 679. The molecule has 2 aromatic rings. The van der Waals surface area contributed by atoms with Gasteiger partial charge in [-0.15, -0.1) is 10.2 Å². The maximum Gasteiger partial charge on any atom is 0.267 e. The molecule has 2 rings (SSSR count). The predicted octanol–water partition coefficient (Wildman–Crippen LogP) is 4.74. The highest BCUT2D eigenvalue weighted by atomic mass is 35.5. The minimum Gasteiger partial charge on any atom is -0.481 e. The van der Waals surface area contributed by atoms with Crippen molar-refractivity contribution in [2.45, 2.75) is 37.6 Å². The summed E-state index contributed by atoms with van der Waals surface area (Å²) in [5.41, 5.74) is 0. The van der Waals surface area contributed by atoms with Crippen LogP contribution in [-0.2, 0) is 4.79 Å². The van der Waals surface area contributed by atoms with E-state index in [-0.39, 0.29) is 5.91 Å². The molecule has 1 unspecified atom stereocenters. The minimum atomic E-state index is -0.612. The predicted molar refractivity (Wildman–Crippen MR) is 100 cm³/mol. The number of benzene rings is 1. The van der Waals surface area contributed by atoms with Gasteiger partial charge in [0.15, 0.2) is 10.4 Å². The molecule has 0 spiro atoms. The third kappa shape index (κ3) is 5.96. The van der Waals surface area contributed by atoms with E-state index in [2.05, 4.69) is 29.4 Å². The molecule has 8 heteroatoms. The molecular formula is C16H20ClN3O2S2. The molecule has 0 radical (unpaired) electrons. The van der Waals surface area contributed by atoms with Gasteiger partial charge in [-0.1, -0.05) is 61.5 Å². The van der Waals surface area contributed by atoms with Crippen molar-refractivity contribution < 1.29 is 9.53 Å². The zero-order valence-corrected chi connectivity index (χ0v) is 16.2. The fraction of sp³-hybridized carbons (Fsp3) is 0.438. The molecule has 0 fully saturated rings. The number of hydrogen-bond acceptors (Lipinski definition) is 6. The van der Waals surface area contributed by atoms with Crippen molar-refractivity contribution in [3.63, 3.8) is 0 Å². The quantitative estimate of drug-likeness (QED) is 0.525. The van der Waals surface area contributed by atoms with Crippen LogP contribution in [0.2, 0.25) is 5.02 Å². The first kappa shape index (κ1) is 19.0. The summed E-state index contributed by atoms with van der Waals surface area (Å²) in [6.07, 6.45) is -0.0781. The molecule has 0 aliphatic rings. The number of nitrogens with zero attached hydrogens (tertiary/aromatic N) is 2. The second kappa shape index (κ2) is 9.25. The summed E-state index contributed by atoms with van der Waals surface area (Å²) in [5.74, 6) is 1.87. The summed E-state index contributed by atoms with van der Waals surface area (Å²) in [7, 11) is 0. The highest BCUT2D eigenvalue weighted by Gasteiger charge is 2.20. The van der Waals surface area contributed by atoms with Crippen LogP contribution in [0.5, 0.6) is 5.75 Å². The molecule has 0 aliphatic carbocycles. The molecular weight excluding hydrogens is 366 g/mol. The summed E-state index contributed by atoms with van der Waals surface area (Å²) in [5, 5.41) is 11.9. The molecule has 1 aromatic heterocycles. The summed E-state index contributed by atoms with van der Waals surface area (Å²) in [6, 6.07) is 6.99. The number of carbonyl (C=O) groups excluding carboxylic acids is 1. The molecule has 1 atom stereocenters. The van der Waals surface area contributed by atoms with Gasteiger partial charge in [-0.3, -0.25) is 10.1 Å². The van der Waals surface area contributed by atoms with Crippen LogP contribution < -0.4 is 10.1 Å². The van der Waals surface area contributed by atoms with E-state index in [1.807, 2.05) is 6.92 Å². The zero-order valence-electron chi connectivity index (χ0n) is 13.8. The second-order valence-corrected chi connectivity index (χ2v) is 8.22. The van der Waals surface area contributed by atoms with Gasteiger partial charge in [-0.05, 0) is 30.5 Å². The van der Waals surface area contributed by atoms with Gasteiger partial charge in [0.25, 0.3) is 5.91 Å². The average Bonchev–Trinajstić information content (AvgIpc) is 2.98. The van der Waals surface area contributed by atoms with E-state index in [1.165, 1.54) is 11.3 Å². The van der Waals surface area contributed by atoms with Crippen LogP contribution in [0.15, 0.2) is 28.6 Å². The third-order valence-electron chi connectivity index (χ3n) is 2.91. The summed E-state index contributed by atoms with van der Waals surface area (Å²) < 4.78 is 6.57. The van der Waals surface area contributed by atoms with Crippen LogP contribution in [0.25, 0.3) is 0 Å². The van der Waals surface area contributed by atoms with Crippen LogP contribution in [0.1, 0.15) is 27.2 Å². The number of thioether (sulfide) groups is 1.